The van der Waals surface area contributed by atoms with E-state index in [0.717, 1.165) is 5.92 Å². The lowest BCUT2D eigenvalue weighted by molar-refractivity contribution is -0.768. The third kappa shape index (κ3) is 1.89. The normalized spacial score (nSPS) is 27.2. The van der Waals surface area contributed by atoms with E-state index >= 15 is 0 Å². The van der Waals surface area contributed by atoms with Crippen LogP contribution in [0.4, 0.5) is 0 Å². The summed E-state index contributed by atoms with van der Waals surface area (Å²) in [6, 6.07) is 20.4. The Morgan fingerprint density at radius 2 is 1.69 bits per heavy atom. The summed E-state index contributed by atoms with van der Waals surface area (Å²) in [7, 11) is 0. The number of hydrogen-bond acceptors (Lipinski definition) is 0. The Labute approximate surface area is 156 Å². The van der Waals surface area contributed by atoms with Crippen molar-refractivity contribution in [1.82, 2.24) is 0 Å². The monoisotopic (exact) mass is 342 g/mol. The van der Waals surface area contributed by atoms with Gasteiger partial charge in [-0.3, -0.25) is 0 Å². The maximum atomic E-state index is 2.66. The molecule has 1 heteroatoms. The van der Waals surface area contributed by atoms with E-state index in [4.69, 9.17) is 0 Å². The van der Waals surface area contributed by atoms with Crippen molar-refractivity contribution >= 4 is 10.8 Å². The topological polar surface area (TPSA) is 3.88 Å². The lowest BCUT2D eigenvalue weighted by atomic mass is 9.59. The highest BCUT2D eigenvalue weighted by Crippen LogP contribution is 2.58. The molecule has 132 valence electrons. The summed E-state index contributed by atoms with van der Waals surface area (Å²) in [6.45, 7) is 7.40. The van der Waals surface area contributed by atoms with E-state index in [1.807, 2.05) is 0 Å². The van der Waals surface area contributed by atoms with Crippen LogP contribution in [0.25, 0.3) is 22.0 Å². The SMILES string of the molecule is CCCC1(C)c2ccccc2-c2c3ccccc3cc[n+]2C1(C)C1CC1. The molecule has 5 rings (SSSR count). The lowest BCUT2D eigenvalue weighted by Gasteiger charge is -2.47. The van der Waals surface area contributed by atoms with E-state index in [2.05, 4.69) is 86.1 Å². The minimum atomic E-state index is 0.136. The Morgan fingerprint density at radius 3 is 2.46 bits per heavy atom. The summed E-state index contributed by atoms with van der Waals surface area (Å²) in [4.78, 5) is 0. The van der Waals surface area contributed by atoms with Crippen molar-refractivity contribution < 1.29 is 4.57 Å². The number of benzene rings is 2. The van der Waals surface area contributed by atoms with Gasteiger partial charge in [0.15, 0.2) is 11.7 Å². The van der Waals surface area contributed by atoms with Gasteiger partial charge in [-0.15, -0.1) is 0 Å². The second-order valence-electron chi connectivity index (χ2n) is 8.67. The van der Waals surface area contributed by atoms with E-state index < -0.39 is 0 Å². The Balaban J connectivity index is 1.94. The van der Waals surface area contributed by atoms with Crippen LogP contribution in [0, 0.1) is 5.92 Å². The number of nitrogens with zero attached hydrogens (tertiary/aromatic N) is 1. The summed E-state index contributed by atoms with van der Waals surface area (Å²) in [5.41, 5.74) is 4.70. The molecule has 1 nitrogen and oxygen atoms in total. The van der Waals surface area contributed by atoms with Gasteiger partial charge in [-0.1, -0.05) is 49.7 Å². The fraction of sp³-hybridized carbons (Fsp3) is 0.400. The highest BCUT2D eigenvalue weighted by atomic mass is 15.1. The van der Waals surface area contributed by atoms with Gasteiger partial charge in [-0.05, 0) is 49.3 Å². The van der Waals surface area contributed by atoms with E-state index in [0.29, 0.717) is 0 Å². The number of aromatic nitrogens is 1. The van der Waals surface area contributed by atoms with Crippen molar-refractivity contribution in [3.8, 4) is 11.3 Å². The smallest absolute Gasteiger partial charge is 0.191 e. The predicted molar refractivity (Wildman–Crippen MR) is 108 cm³/mol. The minimum Gasteiger partial charge on any atom is -0.191 e. The van der Waals surface area contributed by atoms with E-state index in [1.165, 1.54) is 47.7 Å². The summed E-state index contributed by atoms with van der Waals surface area (Å²) in [6.07, 6.45) is 7.54. The summed E-state index contributed by atoms with van der Waals surface area (Å²) >= 11 is 0. The molecule has 1 aliphatic carbocycles. The molecular formula is C25H28N+. The van der Waals surface area contributed by atoms with Crippen molar-refractivity contribution in [2.45, 2.75) is 57.4 Å². The molecule has 0 N–H and O–H groups in total. The maximum absolute atomic E-state index is 2.66. The van der Waals surface area contributed by atoms with Crippen LogP contribution in [-0.2, 0) is 11.0 Å². The van der Waals surface area contributed by atoms with Crippen LogP contribution in [0.2, 0.25) is 0 Å². The van der Waals surface area contributed by atoms with Gasteiger partial charge in [0.1, 0.15) is 0 Å². The molecule has 0 amide bonds. The second kappa shape index (κ2) is 5.42. The van der Waals surface area contributed by atoms with Gasteiger partial charge < -0.3 is 0 Å². The fourth-order valence-electron chi connectivity index (χ4n) is 5.77. The Kier molecular flexibility index (Phi) is 3.35. The molecule has 0 bridgehead atoms. The van der Waals surface area contributed by atoms with Crippen LogP contribution >= 0.6 is 0 Å². The van der Waals surface area contributed by atoms with Crippen LogP contribution < -0.4 is 4.57 Å². The quantitative estimate of drug-likeness (QED) is 0.515. The first-order chi connectivity index (χ1) is 12.6. The van der Waals surface area contributed by atoms with Crippen molar-refractivity contribution in [3.05, 3.63) is 66.4 Å². The zero-order valence-electron chi connectivity index (χ0n) is 16.1. The molecule has 2 unspecified atom stereocenters. The number of fused-ring (bicyclic) bond motifs is 5. The van der Waals surface area contributed by atoms with Crippen molar-refractivity contribution in [3.63, 3.8) is 0 Å². The van der Waals surface area contributed by atoms with Gasteiger partial charge in [0, 0.05) is 18.9 Å². The van der Waals surface area contributed by atoms with Crippen molar-refractivity contribution in [2.75, 3.05) is 0 Å². The molecule has 2 aliphatic rings. The first-order valence-electron chi connectivity index (χ1n) is 10.1. The molecule has 2 aromatic carbocycles. The molecule has 1 fully saturated rings. The van der Waals surface area contributed by atoms with Gasteiger partial charge in [-0.25, -0.2) is 0 Å². The van der Waals surface area contributed by atoms with E-state index in [-0.39, 0.29) is 11.0 Å². The third-order valence-corrected chi connectivity index (χ3v) is 7.38. The standard InChI is InChI=1S/C25H28N/c1-4-16-24(2)22-12-8-7-11-21(22)23-20-10-6-5-9-18(20)15-17-26(23)25(24,3)19-13-14-19/h5-12,15,17,19H,4,13-14,16H2,1-3H3/q+1. The van der Waals surface area contributed by atoms with Gasteiger partial charge in [0.2, 0.25) is 5.69 Å². The third-order valence-electron chi connectivity index (χ3n) is 7.38. The number of pyridine rings is 1. The molecule has 26 heavy (non-hydrogen) atoms. The van der Waals surface area contributed by atoms with Crippen LogP contribution in [0.1, 0.15) is 52.0 Å². The minimum absolute atomic E-state index is 0.136. The lowest BCUT2D eigenvalue weighted by Crippen LogP contribution is -2.69. The van der Waals surface area contributed by atoms with Crippen LogP contribution in [0.3, 0.4) is 0 Å². The molecule has 1 aromatic heterocycles. The van der Waals surface area contributed by atoms with Crippen LogP contribution in [0.5, 0.6) is 0 Å². The number of rotatable bonds is 3. The number of hydrogen-bond donors (Lipinski definition) is 0. The first kappa shape index (κ1) is 16.1. The summed E-state index contributed by atoms with van der Waals surface area (Å²) in [5.74, 6) is 0.775. The van der Waals surface area contributed by atoms with Crippen LogP contribution in [0.15, 0.2) is 60.8 Å². The highest BCUT2D eigenvalue weighted by Gasteiger charge is 2.64. The fourth-order valence-corrected chi connectivity index (χ4v) is 5.77. The highest BCUT2D eigenvalue weighted by molar-refractivity contribution is 5.94. The molecule has 2 atom stereocenters. The Morgan fingerprint density at radius 1 is 0.962 bits per heavy atom. The second-order valence-corrected chi connectivity index (χ2v) is 8.67. The average molecular weight is 343 g/mol. The van der Waals surface area contributed by atoms with Gasteiger partial charge in [0.05, 0.1) is 16.4 Å². The first-order valence-corrected chi connectivity index (χ1v) is 10.1. The predicted octanol–water partition coefficient (Wildman–Crippen LogP) is 5.99. The van der Waals surface area contributed by atoms with Gasteiger partial charge in [0.25, 0.3) is 0 Å². The van der Waals surface area contributed by atoms with Gasteiger partial charge >= 0.3 is 0 Å². The zero-order valence-corrected chi connectivity index (χ0v) is 16.1. The van der Waals surface area contributed by atoms with Crippen molar-refractivity contribution in [1.29, 1.82) is 0 Å². The molecule has 0 spiro atoms. The van der Waals surface area contributed by atoms with E-state index in [9.17, 15) is 0 Å². The Bertz CT molecular complexity index is 1000. The maximum Gasteiger partial charge on any atom is 0.221 e. The molecular weight excluding hydrogens is 314 g/mol. The van der Waals surface area contributed by atoms with E-state index in [1.54, 1.807) is 5.56 Å². The van der Waals surface area contributed by atoms with Crippen LogP contribution in [-0.4, -0.2) is 0 Å². The van der Waals surface area contributed by atoms with Crippen molar-refractivity contribution in [2.24, 2.45) is 5.92 Å². The van der Waals surface area contributed by atoms with Gasteiger partial charge in [-0.2, -0.15) is 4.57 Å². The Hall–Kier alpha value is -2.15. The largest absolute Gasteiger partial charge is 0.221 e. The molecule has 1 saturated carbocycles. The molecule has 1 aliphatic heterocycles. The molecule has 3 aromatic rings. The zero-order chi connectivity index (χ0) is 17.9. The molecule has 0 radical (unpaired) electrons. The summed E-state index contributed by atoms with van der Waals surface area (Å²) < 4.78 is 2.66. The average Bonchev–Trinajstić information content (AvgIpc) is 3.51. The summed E-state index contributed by atoms with van der Waals surface area (Å²) in [5, 5.41) is 2.72. The molecule has 2 heterocycles. The molecule has 0 saturated heterocycles.